The van der Waals surface area contributed by atoms with Crippen LogP contribution >= 0.6 is 31.9 Å². The first kappa shape index (κ1) is 8.97. The Morgan fingerprint density at radius 1 is 1.15 bits per heavy atom. The molecule has 0 aliphatic carbocycles. The number of hydrogen-bond donors (Lipinski definition) is 0. The van der Waals surface area contributed by atoms with E-state index < -0.39 is 0 Å². The second-order valence-corrected chi connectivity index (χ2v) is 4.32. The number of aromatic nitrogens is 2. The Balaban J connectivity index is 2.52. The van der Waals surface area contributed by atoms with Crippen molar-refractivity contribution in [3.8, 4) is 5.69 Å². The van der Waals surface area contributed by atoms with Gasteiger partial charge < -0.3 is 0 Å². The lowest BCUT2D eigenvalue weighted by Crippen LogP contribution is -1.94. The largest absolute Gasteiger partial charge is 0.239 e. The zero-order valence-corrected chi connectivity index (χ0v) is 9.79. The molecule has 0 atom stereocenters. The molecule has 0 saturated carbocycles. The molecule has 0 aliphatic heterocycles. The lowest BCUT2D eigenvalue weighted by molar-refractivity contribution is 0.876. The Morgan fingerprint density at radius 3 is 2.54 bits per heavy atom. The summed E-state index contributed by atoms with van der Waals surface area (Å²) in [5.41, 5.74) is 1.04. The van der Waals surface area contributed by atoms with Gasteiger partial charge in [0.15, 0.2) is 0 Å². The van der Waals surface area contributed by atoms with Crippen molar-refractivity contribution in [1.82, 2.24) is 9.78 Å². The van der Waals surface area contributed by atoms with E-state index in [0.717, 1.165) is 14.6 Å². The molecular formula is C9H6Br2N2. The monoisotopic (exact) mass is 300 g/mol. The van der Waals surface area contributed by atoms with Crippen LogP contribution in [0.2, 0.25) is 0 Å². The molecule has 0 spiro atoms. The van der Waals surface area contributed by atoms with Crippen LogP contribution in [0.1, 0.15) is 0 Å². The van der Waals surface area contributed by atoms with Crippen LogP contribution in [0.25, 0.3) is 5.69 Å². The van der Waals surface area contributed by atoms with Crippen molar-refractivity contribution in [2.24, 2.45) is 0 Å². The van der Waals surface area contributed by atoms with Gasteiger partial charge in [0.05, 0.1) is 16.4 Å². The normalized spacial score (nSPS) is 10.3. The molecule has 2 aromatic rings. The predicted octanol–water partition coefficient (Wildman–Crippen LogP) is 3.40. The van der Waals surface area contributed by atoms with E-state index in [1.165, 1.54) is 0 Å². The van der Waals surface area contributed by atoms with Crippen LogP contribution < -0.4 is 0 Å². The van der Waals surface area contributed by atoms with E-state index in [-0.39, 0.29) is 0 Å². The van der Waals surface area contributed by atoms with Gasteiger partial charge in [-0.05, 0) is 44.0 Å². The minimum absolute atomic E-state index is 0.975. The van der Waals surface area contributed by atoms with E-state index in [1.54, 1.807) is 6.20 Å². The van der Waals surface area contributed by atoms with Crippen LogP contribution in [-0.2, 0) is 0 Å². The molecule has 0 bridgehead atoms. The Bertz CT molecular complexity index is 423. The van der Waals surface area contributed by atoms with Gasteiger partial charge in [0.2, 0.25) is 0 Å². The maximum atomic E-state index is 4.19. The zero-order chi connectivity index (χ0) is 9.26. The predicted molar refractivity (Wildman–Crippen MR) is 59.0 cm³/mol. The van der Waals surface area contributed by atoms with Crippen LogP contribution in [0, 0.1) is 0 Å². The van der Waals surface area contributed by atoms with Crippen molar-refractivity contribution >= 4 is 31.9 Å². The molecule has 1 aromatic carbocycles. The highest BCUT2D eigenvalue weighted by molar-refractivity contribution is 9.10. The number of hydrogen-bond acceptors (Lipinski definition) is 1. The molecule has 0 unspecified atom stereocenters. The third-order valence-corrected chi connectivity index (χ3v) is 2.73. The molecule has 0 amide bonds. The second kappa shape index (κ2) is 3.64. The molecule has 66 valence electrons. The number of para-hydroxylation sites is 1. The Labute approximate surface area is 92.8 Å². The van der Waals surface area contributed by atoms with Gasteiger partial charge in [0, 0.05) is 10.7 Å². The summed E-state index contributed by atoms with van der Waals surface area (Å²) >= 11 is 6.82. The highest BCUT2D eigenvalue weighted by Gasteiger charge is 2.01. The summed E-state index contributed by atoms with van der Waals surface area (Å²) in [4.78, 5) is 0. The topological polar surface area (TPSA) is 17.8 Å². The number of benzene rings is 1. The Hall–Kier alpha value is -0.610. The molecule has 0 fully saturated rings. The van der Waals surface area contributed by atoms with Crippen molar-refractivity contribution in [2.45, 2.75) is 0 Å². The lowest BCUT2D eigenvalue weighted by atomic mass is 10.3. The molecule has 2 rings (SSSR count). The first-order chi connectivity index (χ1) is 6.27. The summed E-state index contributed by atoms with van der Waals surface area (Å²) < 4.78 is 3.82. The van der Waals surface area contributed by atoms with Gasteiger partial charge in [-0.25, -0.2) is 4.68 Å². The molecule has 0 saturated heterocycles. The van der Waals surface area contributed by atoms with Crippen molar-refractivity contribution in [3.05, 3.63) is 45.6 Å². The maximum absolute atomic E-state index is 4.19. The van der Waals surface area contributed by atoms with Crippen LogP contribution in [0.5, 0.6) is 0 Å². The van der Waals surface area contributed by atoms with E-state index in [0.29, 0.717) is 0 Å². The fourth-order valence-corrected chi connectivity index (χ4v) is 1.82. The van der Waals surface area contributed by atoms with Gasteiger partial charge >= 0.3 is 0 Å². The van der Waals surface area contributed by atoms with Crippen LogP contribution in [0.4, 0.5) is 0 Å². The summed E-state index contributed by atoms with van der Waals surface area (Å²) in [7, 11) is 0. The zero-order valence-electron chi connectivity index (χ0n) is 6.61. The molecule has 0 aliphatic rings. The summed E-state index contributed by atoms with van der Waals surface area (Å²) in [5, 5.41) is 4.19. The second-order valence-electron chi connectivity index (χ2n) is 2.55. The number of halogens is 2. The van der Waals surface area contributed by atoms with E-state index >= 15 is 0 Å². The highest BCUT2D eigenvalue weighted by atomic mass is 79.9. The van der Waals surface area contributed by atoms with Gasteiger partial charge in [0.1, 0.15) is 0 Å². The molecule has 0 N–H and O–H groups in total. The third-order valence-electron chi connectivity index (χ3n) is 1.65. The minimum Gasteiger partial charge on any atom is -0.239 e. The summed E-state index contributed by atoms with van der Waals surface area (Å²) in [6.07, 6.45) is 3.68. The molecule has 4 heteroatoms. The molecule has 13 heavy (non-hydrogen) atoms. The Kier molecular flexibility index (Phi) is 2.51. The standard InChI is InChI=1S/C9H6Br2N2/c10-7-5-12-13(6-7)9-4-2-1-3-8(9)11/h1-6H. The molecule has 1 aromatic heterocycles. The lowest BCUT2D eigenvalue weighted by Gasteiger charge is -2.02. The van der Waals surface area contributed by atoms with Crippen LogP contribution in [-0.4, -0.2) is 9.78 Å². The molecule has 2 nitrogen and oxygen atoms in total. The summed E-state index contributed by atoms with van der Waals surface area (Å²) in [6, 6.07) is 7.95. The van der Waals surface area contributed by atoms with E-state index in [2.05, 4.69) is 37.0 Å². The highest BCUT2D eigenvalue weighted by Crippen LogP contribution is 2.20. The Morgan fingerprint density at radius 2 is 1.92 bits per heavy atom. The maximum Gasteiger partial charge on any atom is 0.0787 e. The minimum atomic E-state index is 0.975. The summed E-state index contributed by atoms with van der Waals surface area (Å²) in [6.45, 7) is 0. The average molecular weight is 302 g/mol. The third kappa shape index (κ3) is 1.84. The van der Waals surface area contributed by atoms with E-state index in [9.17, 15) is 0 Å². The van der Waals surface area contributed by atoms with E-state index in [1.807, 2.05) is 35.1 Å². The van der Waals surface area contributed by atoms with Gasteiger partial charge in [-0.2, -0.15) is 5.10 Å². The quantitative estimate of drug-likeness (QED) is 0.789. The van der Waals surface area contributed by atoms with Gasteiger partial charge in [-0.1, -0.05) is 12.1 Å². The van der Waals surface area contributed by atoms with Gasteiger partial charge in [-0.15, -0.1) is 0 Å². The number of rotatable bonds is 1. The van der Waals surface area contributed by atoms with Crippen molar-refractivity contribution in [3.63, 3.8) is 0 Å². The fraction of sp³-hybridized carbons (Fsp3) is 0. The van der Waals surface area contributed by atoms with Crippen LogP contribution in [0.3, 0.4) is 0 Å². The SMILES string of the molecule is Brc1cnn(-c2ccccc2Br)c1. The van der Waals surface area contributed by atoms with Crippen LogP contribution in [0.15, 0.2) is 45.6 Å². The van der Waals surface area contributed by atoms with Crippen molar-refractivity contribution in [2.75, 3.05) is 0 Å². The average Bonchev–Trinajstić information content (AvgIpc) is 2.53. The first-order valence-electron chi connectivity index (χ1n) is 3.72. The molecule has 1 heterocycles. The smallest absolute Gasteiger partial charge is 0.0787 e. The number of nitrogens with zero attached hydrogens (tertiary/aromatic N) is 2. The van der Waals surface area contributed by atoms with Gasteiger partial charge in [0.25, 0.3) is 0 Å². The van der Waals surface area contributed by atoms with Gasteiger partial charge in [-0.3, -0.25) is 0 Å². The fourth-order valence-electron chi connectivity index (χ4n) is 1.07. The molecular weight excluding hydrogens is 296 g/mol. The van der Waals surface area contributed by atoms with Crippen molar-refractivity contribution in [1.29, 1.82) is 0 Å². The molecule has 0 radical (unpaired) electrons. The summed E-state index contributed by atoms with van der Waals surface area (Å²) in [5.74, 6) is 0. The first-order valence-corrected chi connectivity index (χ1v) is 5.31. The van der Waals surface area contributed by atoms with Crippen molar-refractivity contribution < 1.29 is 0 Å². The van der Waals surface area contributed by atoms with E-state index in [4.69, 9.17) is 0 Å².